The van der Waals surface area contributed by atoms with Crippen molar-refractivity contribution in [2.45, 2.75) is 26.3 Å². The summed E-state index contributed by atoms with van der Waals surface area (Å²) in [6.07, 6.45) is 0. The van der Waals surface area contributed by atoms with Gasteiger partial charge in [-0.05, 0) is 68.8 Å². The molecule has 0 atom stereocenters. The summed E-state index contributed by atoms with van der Waals surface area (Å²) < 4.78 is 0. The van der Waals surface area contributed by atoms with Crippen molar-refractivity contribution < 1.29 is 9.59 Å². The molecule has 0 saturated carbocycles. The first-order valence-corrected chi connectivity index (χ1v) is 12.9. The van der Waals surface area contributed by atoms with E-state index < -0.39 is 5.54 Å². The van der Waals surface area contributed by atoms with Gasteiger partial charge in [0.1, 0.15) is 0 Å². The summed E-state index contributed by atoms with van der Waals surface area (Å²) in [6, 6.07) is 30.3. The first-order valence-electron chi connectivity index (χ1n) is 12.9. The Labute approximate surface area is 232 Å². The Morgan fingerprint density at radius 3 is 2.17 bits per heavy atom. The minimum absolute atomic E-state index is 0.273. The molecule has 4 aromatic carbocycles. The molecular weight excluding hydrogens is 500 g/mol. The van der Waals surface area contributed by atoms with Crippen LogP contribution in [0, 0.1) is 6.92 Å². The van der Waals surface area contributed by atoms with Crippen LogP contribution in [0.3, 0.4) is 0 Å². The Kier molecular flexibility index (Phi) is 7.27. The van der Waals surface area contributed by atoms with Gasteiger partial charge in [0, 0.05) is 33.6 Å². The number of carbonyl (C=O) groups is 2. The normalized spacial score (nSPS) is 11.2. The fraction of sp³-hybridized carbons (Fsp3) is 0.125. The van der Waals surface area contributed by atoms with Crippen molar-refractivity contribution in [1.82, 2.24) is 9.97 Å². The lowest BCUT2D eigenvalue weighted by atomic mass is 10.1. The number of nitrogens with two attached hydrogens (primary N) is 1. The van der Waals surface area contributed by atoms with E-state index in [1.165, 1.54) is 0 Å². The van der Waals surface area contributed by atoms with Crippen LogP contribution in [0.2, 0.25) is 0 Å². The summed E-state index contributed by atoms with van der Waals surface area (Å²) in [4.78, 5) is 34.7. The van der Waals surface area contributed by atoms with Crippen LogP contribution in [0.25, 0.3) is 22.2 Å². The van der Waals surface area contributed by atoms with Crippen LogP contribution in [-0.4, -0.2) is 27.3 Å². The fourth-order valence-corrected chi connectivity index (χ4v) is 4.10. The van der Waals surface area contributed by atoms with Crippen LogP contribution in [-0.2, 0) is 4.79 Å². The summed E-state index contributed by atoms with van der Waals surface area (Å²) in [5, 5.41) is 9.94. The second kappa shape index (κ2) is 11.0. The van der Waals surface area contributed by atoms with Gasteiger partial charge in [-0.1, -0.05) is 54.6 Å². The number of aryl methyl sites for hydroxylation is 1. The number of carbonyl (C=O) groups excluding carboxylic acids is 2. The average molecular weight is 531 g/mol. The summed E-state index contributed by atoms with van der Waals surface area (Å²) >= 11 is 0. The number of anilines is 4. The van der Waals surface area contributed by atoms with Crippen LogP contribution in [0.4, 0.5) is 23.0 Å². The Morgan fingerprint density at radius 1 is 0.775 bits per heavy atom. The number of amides is 2. The van der Waals surface area contributed by atoms with E-state index >= 15 is 0 Å². The number of hydrogen-bond acceptors (Lipinski definition) is 6. The predicted molar refractivity (Wildman–Crippen MR) is 161 cm³/mol. The molecule has 1 heterocycles. The first kappa shape index (κ1) is 26.5. The Bertz CT molecular complexity index is 1690. The van der Waals surface area contributed by atoms with Gasteiger partial charge in [0.25, 0.3) is 5.91 Å². The standard InChI is InChI=1S/C32H30N6O2/c1-20-13-16-24(34-30(40)32(2,3)33)19-27(20)36-29(39)22-14-17-23(18-15-22)35-31-37-26-12-8-7-11-25(26)28(38-31)21-9-5-4-6-10-21/h4-19H,33H2,1-3H3,(H,34,40)(H,36,39)(H,35,37,38). The number of fused-ring (bicyclic) bond motifs is 1. The zero-order valence-corrected chi connectivity index (χ0v) is 22.5. The van der Waals surface area contributed by atoms with E-state index in [0.29, 0.717) is 22.9 Å². The van der Waals surface area contributed by atoms with E-state index in [0.717, 1.165) is 33.4 Å². The highest BCUT2D eigenvalue weighted by atomic mass is 16.2. The molecule has 5 aromatic rings. The molecule has 200 valence electrons. The van der Waals surface area contributed by atoms with E-state index in [9.17, 15) is 9.59 Å². The molecule has 0 radical (unpaired) electrons. The van der Waals surface area contributed by atoms with Gasteiger partial charge in [0.2, 0.25) is 11.9 Å². The molecule has 8 nitrogen and oxygen atoms in total. The van der Waals surface area contributed by atoms with Crippen molar-refractivity contribution in [3.8, 4) is 11.3 Å². The summed E-state index contributed by atoms with van der Waals surface area (Å²) in [6.45, 7) is 5.15. The third kappa shape index (κ3) is 5.98. The molecule has 40 heavy (non-hydrogen) atoms. The molecule has 0 aliphatic heterocycles. The molecule has 5 rings (SSSR count). The highest BCUT2D eigenvalue weighted by Gasteiger charge is 2.22. The van der Waals surface area contributed by atoms with Crippen LogP contribution in [0.15, 0.2) is 97.1 Å². The maximum atomic E-state index is 13.0. The van der Waals surface area contributed by atoms with Gasteiger partial charge in [0.05, 0.1) is 16.7 Å². The zero-order chi connectivity index (χ0) is 28.3. The van der Waals surface area contributed by atoms with E-state index in [1.807, 2.05) is 79.7 Å². The maximum Gasteiger partial charge on any atom is 0.255 e. The lowest BCUT2D eigenvalue weighted by molar-refractivity contribution is -0.120. The molecule has 0 saturated heterocycles. The SMILES string of the molecule is Cc1ccc(NC(=O)C(C)(C)N)cc1NC(=O)c1ccc(Nc2nc(-c3ccccc3)c3ccccc3n2)cc1. The number of aromatic nitrogens is 2. The van der Waals surface area contributed by atoms with Gasteiger partial charge < -0.3 is 21.7 Å². The Balaban J connectivity index is 1.33. The topological polar surface area (TPSA) is 122 Å². The van der Waals surface area contributed by atoms with Gasteiger partial charge in [-0.2, -0.15) is 0 Å². The number of benzene rings is 4. The molecule has 0 aliphatic rings. The number of para-hydroxylation sites is 1. The second-order valence-electron chi connectivity index (χ2n) is 10.1. The van der Waals surface area contributed by atoms with Crippen LogP contribution in [0.1, 0.15) is 29.8 Å². The highest BCUT2D eigenvalue weighted by Crippen LogP contribution is 2.28. The van der Waals surface area contributed by atoms with Crippen LogP contribution >= 0.6 is 0 Å². The molecule has 0 bridgehead atoms. The van der Waals surface area contributed by atoms with Gasteiger partial charge in [-0.3, -0.25) is 9.59 Å². The monoisotopic (exact) mass is 530 g/mol. The average Bonchev–Trinajstić information content (AvgIpc) is 2.94. The lowest BCUT2D eigenvalue weighted by Gasteiger charge is -2.18. The van der Waals surface area contributed by atoms with E-state index in [-0.39, 0.29) is 11.8 Å². The maximum absolute atomic E-state index is 13.0. The van der Waals surface area contributed by atoms with Crippen molar-refractivity contribution in [2.24, 2.45) is 5.73 Å². The highest BCUT2D eigenvalue weighted by molar-refractivity contribution is 6.05. The molecule has 0 unspecified atom stereocenters. The molecule has 0 spiro atoms. The van der Waals surface area contributed by atoms with Gasteiger partial charge in [-0.15, -0.1) is 0 Å². The summed E-state index contributed by atoms with van der Waals surface area (Å²) in [7, 11) is 0. The van der Waals surface area contributed by atoms with Crippen molar-refractivity contribution >= 4 is 45.7 Å². The van der Waals surface area contributed by atoms with E-state index in [2.05, 4.69) is 20.9 Å². The minimum Gasteiger partial charge on any atom is -0.324 e. The number of rotatable bonds is 7. The van der Waals surface area contributed by atoms with E-state index in [1.54, 1.807) is 38.1 Å². The molecule has 0 aliphatic carbocycles. The smallest absolute Gasteiger partial charge is 0.255 e. The zero-order valence-electron chi connectivity index (χ0n) is 22.5. The largest absolute Gasteiger partial charge is 0.324 e. The van der Waals surface area contributed by atoms with Crippen molar-refractivity contribution in [1.29, 1.82) is 0 Å². The molecule has 5 N–H and O–H groups in total. The number of hydrogen-bond donors (Lipinski definition) is 4. The van der Waals surface area contributed by atoms with Crippen molar-refractivity contribution in [3.05, 3.63) is 108 Å². The number of nitrogens with one attached hydrogen (secondary N) is 3. The Hall–Kier alpha value is -5.08. The molecule has 2 amide bonds. The third-order valence-electron chi connectivity index (χ3n) is 6.38. The molecular formula is C32H30N6O2. The van der Waals surface area contributed by atoms with Gasteiger partial charge >= 0.3 is 0 Å². The third-order valence-corrected chi connectivity index (χ3v) is 6.38. The minimum atomic E-state index is -1.02. The van der Waals surface area contributed by atoms with Crippen molar-refractivity contribution in [2.75, 3.05) is 16.0 Å². The van der Waals surface area contributed by atoms with E-state index in [4.69, 9.17) is 10.7 Å². The fourth-order valence-electron chi connectivity index (χ4n) is 4.10. The van der Waals surface area contributed by atoms with Gasteiger partial charge in [-0.25, -0.2) is 9.97 Å². The quantitative estimate of drug-likeness (QED) is 0.197. The predicted octanol–water partition coefficient (Wildman–Crippen LogP) is 6.28. The summed E-state index contributed by atoms with van der Waals surface area (Å²) in [5.41, 5.74) is 10.8. The lowest BCUT2D eigenvalue weighted by Crippen LogP contribution is -2.45. The molecule has 1 aromatic heterocycles. The number of nitrogens with zero attached hydrogens (tertiary/aromatic N) is 2. The van der Waals surface area contributed by atoms with Crippen molar-refractivity contribution in [3.63, 3.8) is 0 Å². The molecule has 8 heteroatoms. The molecule has 0 fully saturated rings. The van der Waals surface area contributed by atoms with Crippen LogP contribution in [0.5, 0.6) is 0 Å². The van der Waals surface area contributed by atoms with Gasteiger partial charge in [0.15, 0.2) is 0 Å². The first-order chi connectivity index (χ1) is 19.2. The second-order valence-corrected chi connectivity index (χ2v) is 10.1. The summed E-state index contributed by atoms with van der Waals surface area (Å²) in [5.74, 6) is -0.126. The van der Waals surface area contributed by atoms with Crippen LogP contribution < -0.4 is 21.7 Å². The Morgan fingerprint density at radius 2 is 1.45 bits per heavy atom.